The molecule has 3 rings (SSSR count). The molecule has 1 aliphatic rings. The van der Waals surface area contributed by atoms with Crippen molar-refractivity contribution in [3.05, 3.63) is 58.7 Å². The Labute approximate surface area is 149 Å². The quantitative estimate of drug-likeness (QED) is 0.893. The van der Waals surface area contributed by atoms with E-state index in [1.165, 1.54) is 30.4 Å². The Morgan fingerprint density at radius 1 is 1.00 bits per heavy atom. The Morgan fingerprint density at radius 3 is 2.48 bits per heavy atom. The Hall–Kier alpha value is -2.49. The van der Waals surface area contributed by atoms with E-state index in [2.05, 4.69) is 23.5 Å². The summed E-state index contributed by atoms with van der Waals surface area (Å²) in [6.07, 6.45) is 4.83. The standard InChI is InChI=1S/C21H25NO3/c1-14(16-9-8-15-6-4-5-7-17(15)12-16)22-21(23)19-11-10-18(24-2)13-20(19)25-3/h8-14H,4-7H2,1-3H3,(H,22,23)/t14-/m0/s1. The van der Waals surface area contributed by atoms with Crippen LogP contribution in [0.15, 0.2) is 36.4 Å². The van der Waals surface area contributed by atoms with Crippen molar-refractivity contribution in [3.8, 4) is 11.5 Å². The number of benzene rings is 2. The fourth-order valence-electron chi connectivity index (χ4n) is 3.37. The third kappa shape index (κ3) is 3.78. The molecule has 0 aromatic heterocycles. The first-order valence-electron chi connectivity index (χ1n) is 8.77. The minimum Gasteiger partial charge on any atom is -0.497 e. The molecule has 132 valence electrons. The molecule has 0 unspecified atom stereocenters. The molecule has 0 aliphatic heterocycles. The molecule has 1 aliphatic carbocycles. The van der Waals surface area contributed by atoms with E-state index >= 15 is 0 Å². The highest BCUT2D eigenvalue weighted by Gasteiger charge is 2.18. The average molecular weight is 339 g/mol. The lowest BCUT2D eigenvalue weighted by Gasteiger charge is -2.20. The van der Waals surface area contributed by atoms with E-state index in [9.17, 15) is 4.79 Å². The Kier molecular flexibility index (Phi) is 5.27. The second-order valence-corrected chi connectivity index (χ2v) is 6.50. The number of nitrogens with one attached hydrogen (secondary N) is 1. The molecule has 25 heavy (non-hydrogen) atoms. The number of rotatable bonds is 5. The fraction of sp³-hybridized carbons (Fsp3) is 0.381. The molecule has 0 saturated carbocycles. The van der Waals surface area contributed by atoms with Gasteiger partial charge in [-0.05, 0) is 61.4 Å². The van der Waals surface area contributed by atoms with E-state index < -0.39 is 0 Å². The fourth-order valence-corrected chi connectivity index (χ4v) is 3.37. The summed E-state index contributed by atoms with van der Waals surface area (Å²) in [7, 11) is 3.14. The highest BCUT2D eigenvalue weighted by Crippen LogP contribution is 2.27. The Bertz CT molecular complexity index is 770. The van der Waals surface area contributed by atoms with Crippen LogP contribution in [0.2, 0.25) is 0 Å². The van der Waals surface area contributed by atoms with Crippen molar-refractivity contribution >= 4 is 5.91 Å². The molecular weight excluding hydrogens is 314 g/mol. The average Bonchev–Trinajstić information content (AvgIpc) is 2.66. The lowest BCUT2D eigenvalue weighted by atomic mass is 9.89. The highest BCUT2D eigenvalue weighted by molar-refractivity contribution is 5.97. The molecule has 0 heterocycles. The van der Waals surface area contributed by atoms with Crippen LogP contribution >= 0.6 is 0 Å². The molecule has 0 fully saturated rings. The van der Waals surface area contributed by atoms with Crippen molar-refractivity contribution in [1.82, 2.24) is 5.32 Å². The van der Waals surface area contributed by atoms with Gasteiger partial charge in [0, 0.05) is 6.07 Å². The summed E-state index contributed by atoms with van der Waals surface area (Å²) in [5, 5.41) is 3.07. The molecule has 0 saturated heterocycles. The van der Waals surface area contributed by atoms with Gasteiger partial charge in [0.05, 0.1) is 25.8 Å². The molecule has 0 spiro atoms. The van der Waals surface area contributed by atoms with E-state index in [0.717, 1.165) is 12.0 Å². The number of hydrogen-bond donors (Lipinski definition) is 1. The Balaban J connectivity index is 1.76. The largest absolute Gasteiger partial charge is 0.497 e. The number of ether oxygens (including phenoxy) is 2. The van der Waals surface area contributed by atoms with Crippen molar-refractivity contribution in [2.45, 2.75) is 38.6 Å². The number of carbonyl (C=O) groups is 1. The van der Waals surface area contributed by atoms with Crippen molar-refractivity contribution in [2.75, 3.05) is 14.2 Å². The molecule has 1 amide bonds. The number of hydrogen-bond acceptors (Lipinski definition) is 3. The summed E-state index contributed by atoms with van der Waals surface area (Å²) in [4.78, 5) is 12.7. The van der Waals surface area contributed by atoms with E-state index in [1.54, 1.807) is 32.4 Å². The summed E-state index contributed by atoms with van der Waals surface area (Å²) >= 11 is 0. The molecule has 2 aromatic rings. The van der Waals surface area contributed by atoms with Gasteiger partial charge >= 0.3 is 0 Å². The van der Waals surface area contributed by atoms with Crippen LogP contribution in [-0.4, -0.2) is 20.1 Å². The molecule has 1 atom stereocenters. The van der Waals surface area contributed by atoms with Gasteiger partial charge in [-0.1, -0.05) is 18.2 Å². The lowest BCUT2D eigenvalue weighted by Crippen LogP contribution is -2.27. The number of amides is 1. The molecule has 0 bridgehead atoms. The highest BCUT2D eigenvalue weighted by atomic mass is 16.5. The van der Waals surface area contributed by atoms with Crippen molar-refractivity contribution < 1.29 is 14.3 Å². The van der Waals surface area contributed by atoms with E-state index in [0.29, 0.717) is 17.1 Å². The van der Waals surface area contributed by atoms with Crippen LogP contribution in [0, 0.1) is 0 Å². The van der Waals surface area contributed by atoms with Gasteiger partial charge in [0.1, 0.15) is 11.5 Å². The maximum atomic E-state index is 12.7. The van der Waals surface area contributed by atoms with Crippen LogP contribution in [0.5, 0.6) is 11.5 Å². The van der Waals surface area contributed by atoms with Crippen molar-refractivity contribution in [1.29, 1.82) is 0 Å². The third-order valence-electron chi connectivity index (χ3n) is 4.87. The van der Waals surface area contributed by atoms with Gasteiger partial charge in [0.15, 0.2) is 0 Å². The number of methoxy groups -OCH3 is 2. The normalized spacial score (nSPS) is 14.4. The van der Waals surface area contributed by atoms with Gasteiger partial charge < -0.3 is 14.8 Å². The van der Waals surface area contributed by atoms with Crippen LogP contribution in [0.25, 0.3) is 0 Å². The van der Waals surface area contributed by atoms with Crippen LogP contribution in [0.4, 0.5) is 0 Å². The number of fused-ring (bicyclic) bond motifs is 1. The van der Waals surface area contributed by atoms with Crippen LogP contribution in [0.1, 0.15) is 52.9 Å². The minimum atomic E-state index is -0.148. The molecule has 4 heteroatoms. The van der Waals surface area contributed by atoms with Gasteiger partial charge in [-0.3, -0.25) is 4.79 Å². The predicted molar refractivity (Wildman–Crippen MR) is 98.5 cm³/mol. The summed E-state index contributed by atoms with van der Waals surface area (Å²) in [6.45, 7) is 2.01. The second-order valence-electron chi connectivity index (χ2n) is 6.50. The van der Waals surface area contributed by atoms with Crippen LogP contribution in [-0.2, 0) is 12.8 Å². The van der Waals surface area contributed by atoms with Gasteiger partial charge in [0.25, 0.3) is 5.91 Å². The SMILES string of the molecule is COc1ccc(C(=O)N[C@@H](C)c2ccc3c(c2)CCCC3)c(OC)c1. The zero-order valence-corrected chi connectivity index (χ0v) is 15.1. The topological polar surface area (TPSA) is 47.6 Å². The predicted octanol–water partition coefficient (Wildman–Crippen LogP) is 4.07. The molecule has 0 radical (unpaired) electrons. The first-order chi connectivity index (χ1) is 12.1. The van der Waals surface area contributed by atoms with Gasteiger partial charge in [-0.15, -0.1) is 0 Å². The van der Waals surface area contributed by atoms with Crippen molar-refractivity contribution in [2.24, 2.45) is 0 Å². The first kappa shape index (κ1) is 17.3. The smallest absolute Gasteiger partial charge is 0.255 e. The van der Waals surface area contributed by atoms with Gasteiger partial charge in [0.2, 0.25) is 0 Å². The van der Waals surface area contributed by atoms with E-state index in [4.69, 9.17) is 9.47 Å². The second kappa shape index (κ2) is 7.60. The zero-order valence-electron chi connectivity index (χ0n) is 15.1. The van der Waals surface area contributed by atoms with Crippen LogP contribution < -0.4 is 14.8 Å². The third-order valence-corrected chi connectivity index (χ3v) is 4.87. The minimum absolute atomic E-state index is 0.0634. The summed E-state index contributed by atoms with van der Waals surface area (Å²) in [5.74, 6) is 1.02. The first-order valence-corrected chi connectivity index (χ1v) is 8.77. The van der Waals surface area contributed by atoms with E-state index in [-0.39, 0.29) is 11.9 Å². The summed E-state index contributed by atoms with van der Waals surface area (Å²) in [6, 6.07) is 11.7. The van der Waals surface area contributed by atoms with Gasteiger partial charge in [-0.25, -0.2) is 0 Å². The van der Waals surface area contributed by atoms with E-state index in [1.807, 2.05) is 6.92 Å². The summed E-state index contributed by atoms with van der Waals surface area (Å²) < 4.78 is 10.5. The van der Waals surface area contributed by atoms with Gasteiger partial charge in [-0.2, -0.15) is 0 Å². The van der Waals surface area contributed by atoms with Crippen LogP contribution in [0.3, 0.4) is 0 Å². The summed E-state index contributed by atoms with van der Waals surface area (Å²) in [5.41, 5.74) is 4.52. The molecule has 1 N–H and O–H groups in total. The monoisotopic (exact) mass is 339 g/mol. The molecule has 2 aromatic carbocycles. The van der Waals surface area contributed by atoms with Crippen molar-refractivity contribution in [3.63, 3.8) is 0 Å². The number of aryl methyl sites for hydroxylation is 2. The maximum Gasteiger partial charge on any atom is 0.255 e. The zero-order chi connectivity index (χ0) is 17.8. The number of carbonyl (C=O) groups excluding carboxylic acids is 1. The Morgan fingerprint density at radius 2 is 1.76 bits per heavy atom. The maximum absolute atomic E-state index is 12.7. The lowest BCUT2D eigenvalue weighted by molar-refractivity contribution is 0.0937. The molecular formula is C21H25NO3. The molecule has 4 nitrogen and oxygen atoms in total.